The largest absolute Gasteiger partial charge is 0.397 e. The van der Waals surface area contributed by atoms with Gasteiger partial charge in [-0.25, -0.2) is 4.98 Å². The molecular weight excluding hydrogens is 380 g/mol. The van der Waals surface area contributed by atoms with E-state index in [9.17, 15) is 4.79 Å². The number of nitrogens with one attached hydrogen (secondary N) is 2. The molecule has 0 bridgehead atoms. The number of carbonyl (C=O) groups is 1. The van der Waals surface area contributed by atoms with Crippen LogP contribution >= 0.6 is 0 Å². The number of nitrogens with two attached hydrogens (primary N) is 1. The van der Waals surface area contributed by atoms with E-state index in [0.29, 0.717) is 42.6 Å². The molecule has 8 heteroatoms. The summed E-state index contributed by atoms with van der Waals surface area (Å²) in [5.74, 6) is 1.26. The van der Waals surface area contributed by atoms with E-state index in [1.165, 1.54) is 0 Å². The number of aromatic nitrogens is 2. The smallest absolute Gasteiger partial charge is 0.255 e. The lowest BCUT2D eigenvalue weighted by Gasteiger charge is -2.27. The molecule has 1 fully saturated rings. The number of carbonyl (C=O) groups excluding carboxylic acids is 1. The molecule has 2 heterocycles. The highest BCUT2D eigenvalue weighted by Gasteiger charge is 2.13. The molecule has 0 unspecified atom stereocenters. The van der Waals surface area contributed by atoms with E-state index in [0.717, 1.165) is 24.5 Å². The van der Waals surface area contributed by atoms with Gasteiger partial charge in [0.05, 0.1) is 24.6 Å². The maximum Gasteiger partial charge on any atom is 0.255 e. The highest BCUT2D eigenvalue weighted by molar-refractivity contribution is 6.05. The third kappa shape index (κ3) is 4.84. The van der Waals surface area contributed by atoms with Gasteiger partial charge in [-0.3, -0.25) is 4.79 Å². The first-order valence-electron chi connectivity index (χ1n) is 9.83. The van der Waals surface area contributed by atoms with Crippen LogP contribution in [0.15, 0.2) is 60.8 Å². The van der Waals surface area contributed by atoms with Gasteiger partial charge in [0.25, 0.3) is 5.91 Å². The number of morpholine rings is 1. The summed E-state index contributed by atoms with van der Waals surface area (Å²) < 4.78 is 5.39. The van der Waals surface area contributed by atoms with Gasteiger partial charge in [0, 0.05) is 31.4 Å². The zero-order valence-corrected chi connectivity index (χ0v) is 16.5. The van der Waals surface area contributed by atoms with Crippen LogP contribution in [-0.2, 0) is 11.3 Å². The summed E-state index contributed by atoms with van der Waals surface area (Å²) in [6, 6.07) is 16.5. The first-order chi connectivity index (χ1) is 14.7. The number of hydrogen-bond donors (Lipinski definition) is 3. The Bertz CT molecular complexity index is 1000. The molecule has 30 heavy (non-hydrogen) atoms. The monoisotopic (exact) mass is 404 g/mol. The number of benzene rings is 2. The van der Waals surface area contributed by atoms with Gasteiger partial charge in [-0.15, -0.1) is 0 Å². The molecule has 1 amide bonds. The average molecular weight is 404 g/mol. The minimum atomic E-state index is -0.200. The summed E-state index contributed by atoms with van der Waals surface area (Å²) >= 11 is 0. The maximum absolute atomic E-state index is 12.4. The lowest BCUT2D eigenvalue weighted by atomic mass is 10.1. The number of nitrogens with zero attached hydrogens (tertiary/aromatic N) is 3. The molecular formula is C22H24N6O2. The Kier molecular flexibility index (Phi) is 6.05. The Labute approximate surface area is 175 Å². The Morgan fingerprint density at radius 3 is 2.60 bits per heavy atom. The van der Waals surface area contributed by atoms with E-state index in [2.05, 4.69) is 25.5 Å². The topological polar surface area (TPSA) is 105 Å². The standard InChI is InChI=1S/C22H24N6O2/c23-18-3-1-2-4-19(18)26-21(29)17-7-5-16(6-8-17)15-25-22-24-10-9-20(27-22)28-11-13-30-14-12-28/h1-10H,11-15,23H2,(H,26,29)(H,24,25,27). The number of nitrogen functional groups attached to an aromatic ring is 1. The molecule has 4 N–H and O–H groups in total. The van der Waals surface area contributed by atoms with Gasteiger partial charge in [0.15, 0.2) is 0 Å². The van der Waals surface area contributed by atoms with Crippen LogP contribution in [0.5, 0.6) is 0 Å². The molecule has 1 aliphatic heterocycles. The van der Waals surface area contributed by atoms with Crippen molar-refractivity contribution in [1.82, 2.24) is 9.97 Å². The molecule has 0 radical (unpaired) electrons. The van der Waals surface area contributed by atoms with Crippen molar-refractivity contribution >= 4 is 29.0 Å². The zero-order chi connectivity index (χ0) is 20.8. The predicted molar refractivity (Wildman–Crippen MR) is 118 cm³/mol. The first-order valence-corrected chi connectivity index (χ1v) is 9.83. The van der Waals surface area contributed by atoms with Crippen LogP contribution in [0.2, 0.25) is 0 Å². The molecule has 1 saturated heterocycles. The maximum atomic E-state index is 12.4. The third-order valence-electron chi connectivity index (χ3n) is 4.85. The number of para-hydroxylation sites is 2. The summed E-state index contributed by atoms with van der Waals surface area (Å²) in [6.07, 6.45) is 1.75. The van der Waals surface area contributed by atoms with Gasteiger partial charge in [0.2, 0.25) is 5.95 Å². The van der Waals surface area contributed by atoms with Crippen LogP contribution in [0.1, 0.15) is 15.9 Å². The second kappa shape index (κ2) is 9.23. The summed E-state index contributed by atoms with van der Waals surface area (Å²) in [6.45, 7) is 3.64. The number of amides is 1. The van der Waals surface area contributed by atoms with Crippen molar-refractivity contribution in [2.75, 3.05) is 47.6 Å². The molecule has 0 saturated carbocycles. The van der Waals surface area contributed by atoms with Gasteiger partial charge < -0.3 is 26.0 Å². The van der Waals surface area contributed by atoms with Crippen LogP contribution in [-0.4, -0.2) is 42.2 Å². The highest BCUT2D eigenvalue weighted by Crippen LogP contribution is 2.18. The van der Waals surface area contributed by atoms with Gasteiger partial charge in [0.1, 0.15) is 5.82 Å². The molecule has 8 nitrogen and oxygen atoms in total. The van der Waals surface area contributed by atoms with E-state index in [1.807, 2.05) is 30.3 Å². The van der Waals surface area contributed by atoms with E-state index in [1.54, 1.807) is 30.5 Å². The van der Waals surface area contributed by atoms with Crippen molar-refractivity contribution in [3.05, 3.63) is 71.9 Å². The van der Waals surface area contributed by atoms with Crippen molar-refractivity contribution in [2.45, 2.75) is 6.54 Å². The SMILES string of the molecule is Nc1ccccc1NC(=O)c1ccc(CNc2nccc(N3CCOCC3)n2)cc1. The van der Waals surface area contributed by atoms with E-state index in [4.69, 9.17) is 10.5 Å². The highest BCUT2D eigenvalue weighted by atomic mass is 16.5. The minimum Gasteiger partial charge on any atom is -0.397 e. The van der Waals surface area contributed by atoms with Crippen molar-refractivity contribution < 1.29 is 9.53 Å². The molecule has 0 spiro atoms. The average Bonchev–Trinajstić information content (AvgIpc) is 2.80. The normalized spacial score (nSPS) is 13.7. The zero-order valence-electron chi connectivity index (χ0n) is 16.5. The molecule has 0 atom stereocenters. The van der Waals surface area contributed by atoms with Crippen molar-refractivity contribution in [1.29, 1.82) is 0 Å². The first kappa shape index (κ1) is 19.7. The van der Waals surface area contributed by atoms with Crippen molar-refractivity contribution in [3.8, 4) is 0 Å². The molecule has 1 aromatic heterocycles. The van der Waals surface area contributed by atoms with Crippen LogP contribution < -0.4 is 21.3 Å². The molecule has 0 aliphatic carbocycles. The van der Waals surface area contributed by atoms with E-state index < -0.39 is 0 Å². The van der Waals surface area contributed by atoms with Crippen molar-refractivity contribution in [2.24, 2.45) is 0 Å². The van der Waals surface area contributed by atoms with Crippen LogP contribution in [0.25, 0.3) is 0 Å². The van der Waals surface area contributed by atoms with E-state index >= 15 is 0 Å². The minimum absolute atomic E-state index is 0.200. The second-order valence-corrected chi connectivity index (χ2v) is 6.93. The Morgan fingerprint density at radius 1 is 1.07 bits per heavy atom. The van der Waals surface area contributed by atoms with Gasteiger partial charge in [-0.2, -0.15) is 4.98 Å². The van der Waals surface area contributed by atoms with Crippen LogP contribution in [0, 0.1) is 0 Å². The Morgan fingerprint density at radius 2 is 1.83 bits per heavy atom. The summed E-state index contributed by atoms with van der Waals surface area (Å²) in [4.78, 5) is 23.5. The van der Waals surface area contributed by atoms with Crippen LogP contribution in [0.4, 0.5) is 23.1 Å². The molecule has 3 aromatic rings. The summed E-state index contributed by atoms with van der Waals surface area (Å²) in [5, 5.41) is 6.07. The lowest BCUT2D eigenvalue weighted by molar-refractivity contribution is 0.102. The number of hydrogen-bond acceptors (Lipinski definition) is 7. The number of anilines is 4. The third-order valence-corrected chi connectivity index (χ3v) is 4.85. The Balaban J connectivity index is 1.35. The predicted octanol–water partition coefficient (Wildman–Crippen LogP) is 2.76. The number of ether oxygens (including phenoxy) is 1. The fraction of sp³-hybridized carbons (Fsp3) is 0.227. The van der Waals surface area contributed by atoms with Gasteiger partial charge >= 0.3 is 0 Å². The van der Waals surface area contributed by atoms with E-state index in [-0.39, 0.29) is 5.91 Å². The fourth-order valence-electron chi connectivity index (χ4n) is 3.16. The number of rotatable bonds is 6. The second-order valence-electron chi connectivity index (χ2n) is 6.93. The quantitative estimate of drug-likeness (QED) is 0.543. The molecule has 1 aliphatic rings. The summed E-state index contributed by atoms with van der Waals surface area (Å²) in [7, 11) is 0. The van der Waals surface area contributed by atoms with Gasteiger partial charge in [-0.1, -0.05) is 24.3 Å². The molecule has 2 aromatic carbocycles. The van der Waals surface area contributed by atoms with Crippen molar-refractivity contribution in [3.63, 3.8) is 0 Å². The molecule has 154 valence electrons. The fourth-order valence-corrected chi connectivity index (χ4v) is 3.16. The molecule has 4 rings (SSSR count). The van der Waals surface area contributed by atoms with Gasteiger partial charge in [-0.05, 0) is 35.9 Å². The lowest BCUT2D eigenvalue weighted by Crippen LogP contribution is -2.36. The van der Waals surface area contributed by atoms with Crippen LogP contribution in [0.3, 0.4) is 0 Å². The Hall–Kier alpha value is -3.65. The summed E-state index contributed by atoms with van der Waals surface area (Å²) in [5.41, 5.74) is 8.60.